The molecule has 0 radical (unpaired) electrons. The van der Waals surface area contributed by atoms with E-state index in [1.54, 1.807) is 6.20 Å². The second-order valence-corrected chi connectivity index (χ2v) is 5.82. The van der Waals surface area contributed by atoms with Crippen molar-refractivity contribution in [3.8, 4) is 0 Å². The number of halogens is 2. The smallest absolute Gasteiger partial charge is 0.196 e. The van der Waals surface area contributed by atoms with Crippen LogP contribution in [-0.4, -0.2) is 10.8 Å². The van der Waals surface area contributed by atoms with Gasteiger partial charge in [-0.15, -0.1) is 0 Å². The van der Waals surface area contributed by atoms with Gasteiger partial charge in [-0.2, -0.15) is 0 Å². The van der Waals surface area contributed by atoms with E-state index in [-0.39, 0.29) is 11.6 Å². The second-order valence-electron chi connectivity index (χ2n) is 4.65. The van der Waals surface area contributed by atoms with E-state index in [4.69, 9.17) is 0 Å². The van der Waals surface area contributed by atoms with Crippen molar-refractivity contribution in [1.82, 2.24) is 4.98 Å². The molecule has 0 fully saturated rings. The summed E-state index contributed by atoms with van der Waals surface area (Å²) >= 11 is 1.99. The summed E-state index contributed by atoms with van der Waals surface area (Å²) in [5.74, 6) is -0.420. The van der Waals surface area contributed by atoms with Crippen LogP contribution in [0.2, 0.25) is 0 Å². The second kappa shape index (κ2) is 5.01. The molecule has 0 saturated carbocycles. The van der Waals surface area contributed by atoms with E-state index >= 15 is 0 Å². The molecule has 2 aromatic carbocycles. The third-order valence-electron chi connectivity index (χ3n) is 3.33. The lowest BCUT2D eigenvalue weighted by atomic mass is 10.00. The van der Waals surface area contributed by atoms with Gasteiger partial charge in [0.1, 0.15) is 5.82 Å². The monoisotopic (exact) mass is 379 g/mol. The SMILES string of the molecule is Cc1cccc2[nH]cc(C(=O)c3ccc(F)cc3I)c12. The summed E-state index contributed by atoms with van der Waals surface area (Å²) < 4.78 is 13.8. The molecule has 0 spiro atoms. The maximum Gasteiger partial charge on any atom is 0.196 e. The van der Waals surface area contributed by atoms with Crippen molar-refractivity contribution in [2.45, 2.75) is 6.92 Å². The first-order valence-electron chi connectivity index (χ1n) is 6.14. The molecule has 0 bridgehead atoms. The first-order chi connectivity index (χ1) is 9.58. The number of hydrogen-bond donors (Lipinski definition) is 1. The van der Waals surface area contributed by atoms with Crippen LogP contribution >= 0.6 is 22.6 Å². The maximum atomic E-state index is 13.1. The number of aromatic amines is 1. The van der Waals surface area contributed by atoms with Crippen LogP contribution in [0.5, 0.6) is 0 Å². The quantitative estimate of drug-likeness (QED) is 0.518. The Labute approximate surface area is 129 Å². The lowest BCUT2D eigenvalue weighted by molar-refractivity contribution is 0.103. The van der Waals surface area contributed by atoms with Crippen LogP contribution in [0.3, 0.4) is 0 Å². The van der Waals surface area contributed by atoms with Gasteiger partial charge >= 0.3 is 0 Å². The molecule has 0 unspecified atom stereocenters. The summed E-state index contributed by atoms with van der Waals surface area (Å²) in [6, 6.07) is 10.1. The molecular weight excluding hydrogens is 368 g/mol. The molecule has 100 valence electrons. The molecular formula is C16H11FINO. The molecule has 0 atom stereocenters. The minimum atomic E-state index is -0.332. The van der Waals surface area contributed by atoms with Gasteiger partial charge in [0.25, 0.3) is 0 Å². The molecule has 1 aromatic heterocycles. The first-order valence-corrected chi connectivity index (χ1v) is 7.22. The highest BCUT2D eigenvalue weighted by molar-refractivity contribution is 14.1. The standard InChI is InChI=1S/C16H11FINO/c1-9-3-2-4-14-15(9)12(8-19-14)16(20)11-6-5-10(17)7-13(11)18/h2-8,19H,1H3. The van der Waals surface area contributed by atoms with Gasteiger partial charge < -0.3 is 4.98 Å². The minimum absolute atomic E-state index is 0.0880. The number of benzene rings is 2. The van der Waals surface area contributed by atoms with Crippen molar-refractivity contribution < 1.29 is 9.18 Å². The highest BCUT2D eigenvalue weighted by Gasteiger charge is 2.17. The molecule has 0 aliphatic heterocycles. The van der Waals surface area contributed by atoms with Gasteiger partial charge in [0.15, 0.2) is 5.78 Å². The van der Waals surface area contributed by atoms with E-state index in [0.29, 0.717) is 14.7 Å². The summed E-state index contributed by atoms with van der Waals surface area (Å²) in [7, 11) is 0. The number of hydrogen-bond acceptors (Lipinski definition) is 1. The summed E-state index contributed by atoms with van der Waals surface area (Å²) in [4.78, 5) is 15.8. The fourth-order valence-electron chi connectivity index (χ4n) is 2.37. The zero-order chi connectivity index (χ0) is 14.3. The lowest BCUT2D eigenvalue weighted by Gasteiger charge is -2.04. The van der Waals surface area contributed by atoms with Crippen LogP contribution in [0, 0.1) is 16.3 Å². The molecule has 3 rings (SSSR count). The Morgan fingerprint density at radius 2 is 2.00 bits per heavy atom. The Hall–Kier alpha value is -1.69. The number of carbonyl (C=O) groups excluding carboxylic acids is 1. The van der Waals surface area contributed by atoms with E-state index in [1.165, 1.54) is 18.2 Å². The summed E-state index contributed by atoms with van der Waals surface area (Å²) in [6.45, 7) is 1.97. The van der Waals surface area contributed by atoms with Gasteiger partial charge in [-0.1, -0.05) is 12.1 Å². The fourth-order valence-corrected chi connectivity index (χ4v) is 3.09. The number of H-pyrrole nitrogens is 1. The predicted molar refractivity (Wildman–Crippen MR) is 85.6 cm³/mol. The van der Waals surface area contributed by atoms with E-state index in [2.05, 4.69) is 4.98 Å². The Kier molecular flexibility index (Phi) is 3.33. The zero-order valence-electron chi connectivity index (χ0n) is 10.7. The third-order valence-corrected chi connectivity index (χ3v) is 4.23. The lowest BCUT2D eigenvalue weighted by Crippen LogP contribution is -2.03. The average Bonchev–Trinajstić information content (AvgIpc) is 2.83. The van der Waals surface area contributed by atoms with E-state index in [0.717, 1.165) is 16.5 Å². The van der Waals surface area contributed by atoms with Crippen LogP contribution in [0.4, 0.5) is 4.39 Å². The molecule has 0 amide bonds. The van der Waals surface area contributed by atoms with Crippen LogP contribution in [0.15, 0.2) is 42.6 Å². The van der Waals surface area contributed by atoms with Crippen molar-refractivity contribution in [2.24, 2.45) is 0 Å². The van der Waals surface area contributed by atoms with Gasteiger partial charge in [-0.3, -0.25) is 4.79 Å². The van der Waals surface area contributed by atoms with Crippen molar-refractivity contribution in [3.63, 3.8) is 0 Å². The summed E-state index contributed by atoms with van der Waals surface area (Å²) in [6.07, 6.45) is 1.72. The van der Waals surface area contributed by atoms with Crippen molar-refractivity contribution >= 4 is 39.3 Å². The number of aryl methyl sites for hydroxylation is 1. The molecule has 0 aliphatic carbocycles. The zero-order valence-corrected chi connectivity index (χ0v) is 12.9. The van der Waals surface area contributed by atoms with E-state index in [1.807, 2.05) is 47.7 Å². The number of aromatic nitrogens is 1. The van der Waals surface area contributed by atoms with Gasteiger partial charge in [0, 0.05) is 31.8 Å². The normalized spacial score (nSPS) is 10.9. The summed E-state index contributed by atoms with van der Waals surface area (Å²) in [5, 5.41) is 0.928. The van der Waals surface area contributed by atoms with Gasteiger partial charge in [-0.05, 0) is 59.3 Å². The number of nitrogens with one attached hydrogen (secondary N) is 1. The number of carbonyl (C=O) groups is 1. The molecule has 20 heavy (non-hydrogen) atoms. The molecule has 1 heterocycles. The molecule has 0 saturated heterocycles. The van der Waals surface area contributed by atoms with Crippen LogP contribution < -0.4 is 0 Å². The molecule has 1 N–H and O–H groups in total. The molecule has 3 aromatic rings. The van der Waals surface area contributed by atoms with Gasteiger partial charge in [0.2, 0.25) is 0 Å². The van der Waals surface area contributed by atoms with Gasteiger partial charge in [0.05, 0.1) is 0 Å². The largest absolute Gasteiger partial charge is 0.360 e. The Balaban J connectivity index is 2.18. The topological polar surface area (TPSA) is 32.9 Å². The predicted octanol–water partition coefficient (Wildman–Crippen LogP) is 4.45. The molecule has 4 heteroatoms. The Morgan fingerprint density at radius 1 is 1.20 bits per heavy atom. The Bertz CT molecular complexity index is 822. The maximum absolute atomic E-state index is 13.1. The highest BCUT2D eigenvalue weighted by atomic mass is 127. The molecule has 2 nitrogen and oxygen atoms in total. The van der Waals surface area contributed by atoms with E-state index in [9.17, 15) is 9.18 Å². The van der Waals surface area contributed by atoms with Crippen LogP contribution in [-0.2, 0) is 0 Å². The van der Waals surface area contributed by atoms with Crippen molar-refractivity contribution in [3.05, 3.63) is 68.7 Å². The highest BCUT2D eigenvalue weighted by Crippen LogP contribution is 2.26. The number of fused-ring (bicyclic) bond motifs is 1. The third kappa shape index (κ3) is 2.14. The van der Waals surface area contributed by atoms with E-state index < -0.39 is 0 Å². The number of rotatable bonds is 2. The van der Waals surface area contributed by atoms with Crippen LogP contribution in [0.1, 0.15) is 21.5 Å². The Morgan fingerprint density at radius 3 is 2.75 bits per heavy atom. The molecule has 0 aliphatic rings. The first kappa shape index (κ1) is 13.3. The van der Waals surface area contributed by atoms with Gasteiger partial charge in [-0.25, -0.2) is 4.39 Å². The minimum Gasteiger partial charge on any atom is -0.360 e. The fraction of sp³-hybridized carbons (Fsp3) is 0.0625. The average molecular weight is 379 g/mol. The van der Waals surface area contributed by atoms with Crippen molar-refractivity contribution in [1.29, 1.82) is 0 Å². The van der Waals surface area contributed by atoms with Crippen LogP contribution in [0.25, 0.3) is 10.9 Å². The number of ketones is 1. The summed E-state index contributed by atoms with van der Waals surface area (Å²) in [5.41, 5.74) is 3.13. The van der Waals surface area contributed by atoms with Crippen molar-refractivity contribution in [2.75, 3.05) is 0 Å².